The Bertz CT molecular complexity index is 385. The van der Waals surface area contributed by atoms with Crippen LogP contribution in [0.5, 0.6) is 0 Å². The highest BCUT2D eigenvalue weighted by atomic mass is 35.5. The molecule has 2 N–H and O–H groups in total. The van der Waals surface area contributed by atoms with Crippen LogP contribution in [-0.2, 0) is 14.4 Å². The quantitative estimate of drug-likeness (QED) is 0.803. The van der Waals surface area contributed by atoms with Gasteiger partial charge in [0, 0.05) is 12.8 Å². The van der Waals surface area contributed by atoms with Crippen LogP contribution in [0.2, 0.25) is 0 Å². The normalized spacial score (nSPS) is 20.9. The lowest BCUT2D eigenvalue weighted by Gasteiger charge is -2.17. The SMILES string of the molecule is O=C(O)[C@@H](CC1CC(Cl)=NO1)NC(=O)C(F)(F)F. The van der Waals surface area contributed by atoms with Crippen LogP contribution in [-0.4, -0.2) is 40.5 Å². The second-order valence-corrected chi connectivity index (χ2v) is 3.93. The first-order valence-electron chi connectivity index (χ1n) is 4.69. The molecule has 6 nitrogen and oxygen atoms in total. The molecule has 1 unspecified atom stereocenters. The Labute approximate surface area is 104 Å². The number of rotatable bonds is 4. The van der Waals surface area contributed by atoms with Gasteiger partial charge in [0.2, 0.25) is 0 Å². The molecule has 18 heavy (non-hydrogen) atoms. The van der Waals surface area contributed by atoms with Crippen molar-refractivity contribution in [3.05, 3.63) is 0 Å². The third-order valence-corrected chi connectivity index (χ3v) is 2.28. The lowest BCUT2D eigenvalue weighted by atomic mass is 10.1. The maximum atomic E-state index is 12.0. The molecule has 0 fully saturated rings. The van der Waals surface area contributed by atoms with Gasteiger partial charge in [-0.1, -0.05) is 16.8 Å². The molecule has 102 valence electrons. The molecular formula is C8H8ClF3N2O4. The van der Waals surface area contributed by atoms with E-state index in [1.54, 1.807) is 0 Å². The van der Waals surface area contributed by atoms with E-state index >= 15 is 0 Å². The maximum absolute atomic E-state index is 12.0. The van der Waals surface area contributed by atoms with Gasteiger partial charge >= 0.3 is 18.1 Å². The summed E-state index contributed by atoms with van der Waals surface area (Å²) in [5.74, 6) is -3.92. The summed E-state index contributed by atoms with van der Waals surface area (Å²) in [5, 5.41) is 13.5. The van der Waals surface area contributed by atoms with E-state index in [9.17, 15) is 22.8 Å². The summed E-state index contributed by atoms with van der Waals surface area (Å²) >= 11 is 5.46. The zero-order valence-corrected chi connectivity index (χ0v) is 9.46. The number of carbonyl (C=O) groups excluding carboxylic acids is 1. The van der Waals surface area contributed by atoms with Gasteiger partial charge in [-0.3, -0.25) is 4.79 Å². The molecule has 0 bridgehead atoms. The van der Waals surface area contributed by atoms with Crippen LogP contribution < -0.4 is 5.32 Å². The monoisotopic (exact) mass is 288 g/mol. The Morgan fingerprint density at radius 1 is 1.61 bits per heavy atom. The van der Waals surface area contributed by atoms with Gasteiger partial charge in [0.1, 0.15) is 17.3 Å². The zero-order valence-electron chi connectivity index (χ0n) is 8.70. The number of nitrogens with zero attached hydrogens (tertiary/aromatic N) is 1. The molecule has 0 saturated carbocycles. The minimum atomic E-state index is -5.14. The molecule has 0 aliphatic carbocycles. The Kier molecular flexibility index (Phi) is 4.38. The number of carbonyl (C=O) groups is 2. The highest BCUT2D eigenvalue weighted by Crippen LogP contribution is 2.19. The fourth-order valence-corrected chi connectivity index (χ4v) is 1.46. The van der Waals surface area contributed by atoms with Gasteiger partial charge in [-0.2, -0.15) is 13.2 Å². The predicted molar refractivity (Wildman–Crippen MR) is 53.0 cm³/mol. The lowest BCUT2D eigenvalue weighted by Crippen LogP contribution is -2.48. The summed E-state index contributed by atoms with van der Waals surface area (Å²) in [4.78, 5) is 26.0. The summed E-state index contributed by atoms with van der Waals surface area (Å²) < 4.78 is 35.9. The smallest absolute Gasteiger partial charge is 0.471 e. The van der Waals surface area contributed by atoms with E-state index in [1.165, 1.54) is 5.32 Å². The Morgan fingerprint density at radius 2 is 2.22 bits per heavy atom. The summed E-state index contributed by atoms with van der Waals surface area (Å²) in [5.41, 5.74) is 0. The average molecular weight is 289 g/mol. The minimum Gasteiger partial charge on any atom is -0.480 e. The molecular weight excluding hydrogens is 281 g/mol. The van der Waals surface area contributed by atoms with Crippen molar-refractivity contribution in [2.75, 3.05) is 0 Å². The third-order valence-electron chi connectivity index (χ3n) is 2.06. The number of amides is 1. The second-order valence-electron chi connectivity index (χ2n) is 3.50. The predicted octanol–water partition coefficient (Wildman–Crippen LogP) is 0.849. The van der Waals surface area contributed by atoms with Crippen LogP contribution in [0.3, 0.4) is 0 Å². The number of carboxylic acids is 1. The first-order valence-corrected chi connectivity index (χ1v) is 5.06. The van der Waals surface area contributed by atoms with Gasteiger partial charge in [-0.15, -0.1) is 0 Å². The molecule has 1 rings (SSSR count). The van der Waals surface area contributed by atoms with Gasteiger partial charge < -0.3 is 15.3 Å². The van der Waals surface area contributed by atoms with Crippen LogP contribution in [0.1, 0.15) is 12.8 Å². The van der Waals surface area contributed by atoms with Crippen molar-refractivity contribution in [3.63, 3.8) is 0 Å². The number of hydrogen-bond donors (Lipinski definition) is 2. The third kappa shape index (κ3) is 4.06. The fourth-order valence-electron chi connectivity index (χ4n) is 1.24. The summed E-state index contributed by atoms with van der Waals surface area (Å²) in [7, 11) is 0. The molecule has 0 aromatic carbocycles. The van der Waals surface area contributed by atoms with Crippen LogP contribution in [0.15, 0.2) is 5.16 Å². The van der Waals surface area contributed by atoms with E-state index in [2.05, 4.69) is 9.99 Å². The minimum absolute atomic E-state index is 0.0892. The number of hydrogen-bond acceptors (Lipinski definition) is 4. The van der Waals surface area contributed by atoms with Gasteiger partial charge in [0.05, 0.1) is 0 Å². The van der Waals surface area contributed by atoms with E-state index in [4.69, 9.17) is 16.7 Å². The highest BCUT2D eigenvalue weighted by molar-refractivity contribution is 6.65. The van der Waals surface area contributed by atoms with Crippen molar-refractivity contribution >= 4 is 28.6 Å². The largest absolute Gasteiger partial charge is 0.480 e. The van der Waals surface area contributed by atoms with Crippen LogP contribution in [0.25, 0.3) is 0 Å². The van der Waals surface area contributed by atoms with Crippen molar-refractivity contribution in [1.82, 2.24) is 5.32 Å². The molecule has 10 heteroatoms. The first-order chi connectivity index (χ1) is 8.20. The van der Waals surface area contributed by atoms with E-state index in [-0.39, 0.29) is 18.0 Å². The molecule has 1 aliphatic heterocycles. The number of nitrogens with one attached hydrogen (secondary N) is 1. The standard InChI is InChI=1S/C8H8ClF3N2O4/c9-5-2-3(18-14-5)1-4(6(15)16)13-7(17)8(10,11)12/h3-4H,1-2H2,(H,13,17)(H,15,16)/t3?,4-/m1/s1. The summed E-state index contributed by atoms with van der Waals surface area (Å²) in [6.07, 6.45) is -6.19. The van der Waals surface area contributed by atoms with Crippen LogP contribution in [0, 0.1) is 0 Å². The van der Waals surface area contributed by atoms with Crippen LogP contribution in [0.4, 0.5) is 13.2 Å². The Morgan fingerprint density at radius 3 is 2.61 bits per heavy atom. The molecule has 0 radical (unpaired) electrons. The van der Waals surface area contributed by atoms with Gasteiger partial charge in [-0.05, 0) is 0 Å². The molecule has 0 saturated heterocycles. The summed E-state index contributed by atoms with van der Waals surface area (Å²) in [6.45, 7) is 0. The molecule has 0 aromatic rings. The maximum Gasteiger partial charge on any atom is 0.471 e. The van der Waals surface area contributed by atoms with E-state index in [0.29, 0.717) is 0 Å². The molecule has 1 amide bonds. The van der Waals surface area contributed by atoms with Crippen LogP contribution >= 0.6 is 11.6 Å². The molecule has 1 aliphatic rings. The van der Waals surface area contributed by atoms with Crippen molar-refractivity contribution in [2.24, 2.45) is 5.16 Å². The zero-order chi connectivity index (χ0) is 13.9. The second kappa shape index (κ2) is 5.42. The van der Waals surface area contributed by atoms with Gasteiger partial charge in [0.15, 0.2) is 0 Å². The molecule has 2 atom stereocenters. The molecule has 1 heterocycles. The lowest BCUT2D eigenvalue weighted by molar-refractivity contribution is -0.175. The Hall–Kier alpha value is -1.51. The van der Waals surface area contributed by atoms with Gasteiger partial charge in [-0.25, -0.2) is 4.79 Å². The Balaban J connectivity index is 2.56. The fraction of sp³-hybridized carbons (Fsp3) is 0.625. The van der Waals surface area contributed by atoms with E-state index in [1.807, 2.05) is 0 Å². The number of oxime groups is 1. The van der Waals surface area contributed by atoms with Gasteiger partial charge in [0.25, 0.3) is 0 Å². The molecule has 0 spiro atoms. The van der Waals surface area contributed by atoms with E-state index in [0.717, 1.165) is 0 Å². The van der Waals surface area contributed by atoms with Crippen molar-refractivity contribution in [3.8, 4) is 0 Å². The average Bonchev–Trinajstić information content (AvgIpc) is 2.61. The topological polar surface area (TPSA) is 88.0 Å². The summed E-state index contributed by atoms with van der Waals surface area (Å²) in [6, 6.07) is -1.72. The number of aliphatic carboxylic acids is 1. The van der Waals surface area contributed by atoms with E-state index < -0.39 is 30.2 Å². The number of alkyl halides is 3. The number of carboxylic acid groups (broad SMARTS) is 1. The molecule has 0 aromatic heterocycles. The highest BCUT2D eigenvalue weighted by Gasteiger charge is 2.41. The van der Waals surface area contributed by atoms with Crippen molar-refractivity contribution in [2.45, 2.75) is 31.2 Å². The number of halogens is 4. The van der Waals surface area contributed by atoms with Crippen molar-refractivity contribution < 1.29 is 32.7 Å². The van der Waals surface area contributed by atoms with Crippen molar-refractivity contribution in [1.29, 1.82) is 0 Å². The first kappa shape index (κ1) is 14.6.